The molecule has 0 spiro atoms. The fourth-order valence-corrected chi connectivity index (χ4v) is 4.32. The Hall–Kier alpha value is -4.65. The molecular formula is C30H30N4O3. The van der Waals surface area contributed by atoms with Crippen LogP contribution >= 0.6 is 0 Å². The van der Waals surface area contributed by atoms with Crippen LogP contribution in [0.4, 0.5) is 22.7 Å². The molecule has 7 heteroatoms. The first-order valence-electron chi connectivity index (χ1n) is 12.3. The maximum absolute atomic E-state index is 12.7. The Morgan fingerprint density at radius 1 is 1.03 bits per heavy atom. The van der Waals surface area contributed by atoms with E-state index in [1.54, 1.807) is 30.3 Å². The molecule has 0 aromatic heterocycles. The van der Waals surface area contributed by atoms with Crippen LogP contribution in [0.2, 0.25) is 0 Å². The molecule has 3 aromatic rings. The molecule has 4 N–H and O–H groups in total. The molecule has 37 heavy (non-hydrogen) atoms. The summed E-state index contributed by atoms with van der Waals surface area (Å²) in [6.45, 7) is 3.91. The summed E-state index contributed by atoms with van der Waals surface area (Å²) in [6, 6.07) is 23.4. The van der Waals surface area contributed by atoms with E-state index >= 15 is 0 Å². The molecule has 0 unspecified atom stereocenters. The molecule has 0 atom stereocenters. The van der Waals surface area contributed by atoms with Gasteiger partial charge < -0.3 is 20.6 Å². The first kappa shape index (κ1) is 25.4. The Kier molecular flexibility index (Phi) is 8.15. The van der Waals surface area contributed by atoms with Crippen LogP contribution in [-0.4, -0.2) is 35.8 Å². The number of carboxylic acid groups (broad SMARTS) is 1. The molecule has 7 nitrogen and oxygen atoms in total. The van der Waals surface area contributed by atoms with Crippen LogP contribution in [-0.2, 0) is 16.0 Å². The lowest BCUT2D eigenvalue weighted by Gasteiger charge is -2.31. The number of carbonyl (C=O) groups is 2. The fraction of sp³-hybridized carbons (Fsp3) is 0.167. The molecule has 0 radical (unpaired) electrons. The van der Waals surface area contributed by atoms with Crippen molar-refractivity contribution in [3.8, 4) is 0 Å². The normalized spacial score (nSPS) is 13.2. The van der Waals surface area contributed by atoms with Gasteiger partial charge in [-0.05, 0) is 85.5 Å². The second-order valence-corrected chi connectivity index (χ2v) is 8.66. The van der Waals surface area contributed by atoms with Crippen molar-refractivity contribution in [2.24, 2.45) is 0 Å². The minimum atomic E-state index is -1.46. The number of aliphatic carboxylic acids is 1. The van der Waals surface area contributed by atoms with Crippen LogP contribution in [0, 0.1) is 5.41 Å². The Bertz CT molecular complexity index is 1340. The number of nitrogens with one attached hydrogen (secondary N) is 3. The zero-order valence-electron chi connectivity index (χ0n) is 20.7. The first-order chi connectivity index (χ1) is 18.0. The third-order valence-electron chi connectivity index (χ3n) is 6.09. The van der Waals surface area contributed by atoms with Gasteiger partial charge in [-0.25, -0.2) is 4.79 Å². The summed E-state index contributed by atoms with van der Waals surface area (Å²) in [5.74, 6) is -2.11. The smallest absolute Gasteiger partial charge is 0.354 e. The number of carbonyl (C=O) groups excluding carboxylic acids is 1. The van der Waals surface area contributed by atoms with Crippen molar-refractivity contribution in [3.05, 3.63) is 102 Å². The predicted octanol–water partition coefficient (Wildman–Crippen LogP) is 5.89. The Labute approximate surface area is 216 Å². The van der Waals surface area contributed by atoms with Crippen molar-refractivity contribution in [2.75, 3.05) is 28.6 Å². The first-order valence-corrected chi connectivity index (χ1v) is 12.3. The highest BCUT2D eigenvalue weighted by Gasteiger charge is 2.20. The van der Waals surface area contributed by atoms with Crippen LogP contribution in [0.25, 0.3) is 6.08 Å². The van der Waals surface area contributed by atoms with Crippen molar-refractivity contribution >= 4 is 46.4 Å². The van der Waals surface area contributed by atoms with Crippen molar-refractivity contribution < 1.29 is 14.7 Å². The highest BCUT2D eigenvalue weighted by molar-refractivity contribution is 6.48. The van der Waals surface area contributed by atoms with Gasteiger partial charge in [0.2, 0.25) is 0 Å². The van der Waals surface area contributed by atoms with Gasteiger partial charge in [0.25, 0.3) is 5.91 Å². The topological polar surface area (TPSA) is 106 Å². The van der Waals surface area contributed by atoms with Gasteiger partial charge in [-0.3, -0.25) is 10.2 Å². The Morgan fingerprint density at radius 3 is 2.49 bits per heavy atom. The number of hydrogen-bond donors (Lipinski definition) is 4. The Balaban J connectivity index is 1.53. The standard InChI is InChI=1S/C30H30N4O3/c1-2-32-23-14-16-25(17-15-23)34-19-7-9-22-20-21(13-18-27(22)34)8-6-12-26(28(31)30(36)37)29(35)33-24-10-4-3-5-11-24/h3-6,8,10-18,20,31-32H,2,7,9,19H2,1H3,(H,33,35)(H,36,37)/b8-6+,26-12-,31-28?. The molecule has 0 saturated carbocycles. The van der Waals surface area contributed by atoms with Gasteiger partial charge in [0.05, 0.1) is 5.57 Å². The minimum absolute atomic E-state index is 0.224. The van der Waals surface area contributed by atoms with Gasteiger partial charge in [0.1, 0.15) is 0 Å². The molecule has 0 fully saturated rings. The molecular weight excluding hydrogens is 464 g/mol. The van der Waals surface area contributed by atoms with Gasteiger partial charge in [-0.15, -0.1) is 0 Å². The summed E-state index contributed by atoms with van der Waals surface area (Å²) in [5.41, 5.74) is 5.12. The van der Waals surface area contributed by atoms with E-state index < -0.39 is 17.6 Å². The summed E-state index contributed by atoms with van der Waals surface area (Å²) in [5, 5.41) is 23.1. The molecule has 1 aliphatic heterocycles. The molecule has 0 aliphatic carbocycles. The number of benzene rings is 3. The van der Waals surface area contributed by atoms with E-state index in [4.69, 9.17) is 5.41 Å². The summed E-state index contributed by atoms with van der Waals surface area (Å²) >= 11 is 0. The summed E-state index contributed by atoms with van der Waals surface area (Å²) < 4.78 is 0. The lowest BCUT2D eigenvalue weighted by Crippen LogP contribution is -2.25. The maximum atomic E-state index is 12.7. The monoisotopic (exact) mass is 494 g/mol. The number of anilines is 4. The highest BCUT2D eigenvalue weighted by atomic mass is 16.4. The van der Waals surface area contributed by atoms with E-state index in [-0.39, 0.29) is 5.57 Å². The van der Waals surface area contributed by atoms with Gasteiger partial charge in [0.15, 0.2) is 5.71 Å². The average Bonchev–Trinajstić information content (AvgIpc) is 2.91. The van der Waals surface area contributed by atoms with E-state index in [0.29, 0.717) is 5.69 Å². The van der Waals surface area contributed by atoms with E-state index in [9.17, 15) is 14.7 Å². The molecule has 0 bridgehead atoms. The van der Waals surface area contributed by atoms with Gasteiger partial charge in [0, 0.05) is 35.8 Å². The molecule has 3 aromatic carbocycles. The summed E-state index contributed by atoms with van der Waals surface area (Å²) in [4.78, 5) is 26.4. The van der Waals surface area contributed by atoms with E-state index in [0.717, 1.165) is 42.9 Å². The quantitative estimate of drug-likeness (QED) is 0.169. The molecule has 1 amide bonds. The third kappa shape index (κ3) is 6.32. The van der Waals surface area contributed by atoms with E-state index in [1.807, 2.05) is 18.2 Å². The number of nitrogens with zero attached hydrogens (tertiary/aromatic N) is 1. The van der Waals surface area contributed by atoms with Gasteiger partial charge >= 0.3 is 5.97 Å². The fourth-order valence-electron chi connectivity index (χ4n) is 4.32. The maximum Gasteiger partial charge on any atom is 0.354 e. The molecule has 0 saturated heterocycles. The van der Waals surface area contributed by atoms with Gasteiger partial charge in [-0.2, -0.15) is 0 Å². The number of carboxylic acids is 1. The Morgan fingerprint density at radius 2 is 1.78 bits per heavy atom. The van der Waals surface area contributed by atoms with Crippen molar-refractivity contribution in [1.29, 1.82) is 5.41 Å². The van der Waals surface area contributed by atoms with Gasteiger partial charge in [-0.1, -0.05) is 36.4 Å². The second kappa shape index (κ2) is 11.9. The SMILES string of the molecule is CCNc1ccc(N2CCCc3cc(/C=C/C=C(/C(=N)C(=O)O)C(=O)Nc4ccccc4)ccc32)cc1. The van der Waals surface area contributed by atoms with Crippen molar-refractivity contribution in [2.45, 2.75) is 19.8 Å². The van der Waals surface area contributed by atoms with Crippen LogP contribution in [0.15, 0.2) is 90.5 Å². The lowest BCUT2D eigenvalue weighted by atomic mass is 9.98. The minimum Gasteiger partial charge on any atom is -0.477 e. The zero-order valence-corrected chi connectivity index (χ0v) is 20.7. The highest BCUT2D eigenvalue weighted by Crippen LogP contribution is 2.34. The lowest BCUT2D eigenvalue weighted by molar-refractivity contribution is -0.129. The second-order valence-electron chi connectivity index (χ2n) is 8.66. The molecule has 188 valence electrons. The number of rotatable bonds is 9. The predicted molar refractivity (Wildman–Crippen MR) is 150 cm³/mol. The zero-order chi connectivity index (χ0) is 26.2. The summed E-state index contributed by atoms with van der Waals surface area (Å²) in [6.07, 6.45) is 6.79. The molecule has 1 aliphatic rings. The van der Waals surface area contributed by atoms with Crippen LogP contribution < -0.4 is 15.5 Å². The largest absolute Gasteiger partial charge is 0.477 e. The number of allylic oxidation sites excluding steroid dienone is 2. The number of fused-ring (bicyclic) bond motifs is 1. The van der Waals surface area contributed by atoms with E-state index in [2.05, 4.69) is 58.9 Å². The van der Waals surface area contributed by atoms with Crippen molar-refractivity contribution in [3.63, 3.8) is 0 Å². The van der Waals surface area contributed by atoms with Crippen LogP contribution in [0.3, 0.4) is 0 Å². The number of aryl methyl sites for hydroxylation is 1. The third-order valence-corrected chi connectivity index (χ3v) is 6.09. The number of hydrogen-bond acceptors (Lipinski definition) is 5. The van der Waals surface area contributed by atoms with Crippen LogP contribution in [0.1, 0.15) is 24.5 Å². The van der Waals surface area contributed by atoms with Crippen molar-refractivity contribution in [1.82, 2.24) is 0 Å². The molecule has 1 heterocycles. The average molecular weight is 495 g/mol. The van der Waals surface area contributed by atoms with E-state index in [1.165, 1.54) is 17.3 Å². The van der Waals surface area contributed by atoms with Crippen LogP contribution in [0.5, 0.6) is 0 Å². The number of amides is 1. The molecule has 4 rings (SSSR count). The summed E-state index contributed by atoms with van der Waals surface area (Å²) in [7, 11) is 0. The number of para-hydroxylation sites is 1.